The zero-order valence-electron chi connectivity index (χ0n) is 15.4. The van der Waals surface area contributed by atoms with E-state index < -0.39 is 0 Å². The molecule has 1 aromatic carbocycles. The van der Waals surface area contributed by atoms with Crippen molar-refractivity contribution < 1.29 is 0 Å². The molecule has 0 saturated carbocycles. The van der Waals surface area contributed by atoms with Gasteiger partial charge in [0.25, 0.3) is 0 Å². The van der Waals surface area contributed by atoms with E-state index >= 15 is 0 Å². The molecule has 0 amide bonds. The number of rotatable bonds is 5. The van der Waals surface area contributed by atoms with Gasteiger partial charge in [-0.1, -0.05) is 6.07 Å². The van der Waals surface area contributed by atoms with Crippen LogP contribution in [-0.4, -0.2) is 28.0 Å². The van der Waals surface area contributed by atoms with Gasteiger partial charge in [0, 0.05) is 60.7 Å². The van der Waals surface area contributed by atoms with Crippen LogP contribution in [0.3, 0.4) is 0 Å². The van der Waals surface area contributed by atoms with Gasteiger partial charge >= 0.3 is 0 Å². The van der Waals surface area contributed by atoms with Gasteiger partial charge in [-0.3, -0.25) is 0 Å². The number of anilines is 1. The van der Waals surface area contributed by atoms with E-state index in [-0.39, 0.29) is 12.4 Å². The van der Waals surface area contributed by atoms with Gasteiger partial charge in [-0.2, -0.15) is 0 Å². The number of hydrogen-bond donors (Lipinski definition) is 2. The monoisotopic (exact) mass is 371 g/mol. The number of nitrogens with zero attached hydrogens (tertiary/aromatic N) is 3. The summed E-state index contributed by atoms with van der Waals surface area (Å²) in [5.41, 5.74) is 6.21. The molecule has 3 heterocycles. The minimum absolute atomic E-state index is 0. The van der Waals surface area contributed by atoms with E-state index in [4.69, 9.17) is 0 Å². The Bertz CT molecular complexity index is 866. The molecule has 0 spiro atoms. The molecule has 2 N–H and O–H groups in total. The van der Waals surface area contributed by atoms with E-state index in [9.17, 15) is 0 Å². The fraction of sp³-hybridized carbons (Fsp3) is 0.400. The van der Waals surface area contributed by atoms with Crippen LogP contribution in [0, 0.1) is 13.8 Å². The lowest BCUT2D eigenvalue weighted by molar-refractivity contribution is 0.688. The SMILES string of the molecule is Cc1[nH]c2ccc(CNCc3cnc(N4CCCC4)nc3)cc2c1C.Cl. The van der Waals surface area contributed by atoms with E-state index in [0.717, 1.165) is 37.7 Å². The second kappa shape index (κ2) is 8.06. The molecule has 0 aliphatic carbocycles. The van der Waals surface area contributed by atoms with Crippen molar-refractivity contribution in [3.05, 3.63) is 53.0 Å². The maximum atomic E-state index is 4.51. The first-order valence-corrected chi connectivity index (χ1v) is 9.05. The third-order valence-corrected chi connectivity index (χ3v) is 5.11. The molecule has 138 valence electrons. The van der Waals surface area contributed by atoms with Crippen molar-refractivity contribution in [1.29, 1.82) is 0 Å². The van der Waals surface area contributed by atoms with Crippen LogP contribution in [0.15, 0.2) is 30.6 Å². The van der Waals surface area contributed by atoms with Crippen molar-refractivity contribution in [2.75, 3.05) is 18.0 Å². The molecule has 1 saturated heterocycles. The number of fused-ring (bicyclic) bond motifs is 1. The minimum atomic E-state index is 0. The molecule has 3 aromatic rings. The van der Waals surface area contributed by atoms with Crippen molar-refractivity contribution in [3.8, 4) is 0 Å². The predicted molar refractivity (Wildman–Crippen MR) is 109 cm³/mol. The number of benzene rings is 1. The van der Waals surface area contributed by atoms with Crippen molar-refractivity contribution in [1.82, 2.24) is 20.3 Å². The standard InChI is InChI=1S/C20H25N5.ClH/c1-14-15(2)24-19-6-5-16(9-18(14)19)10-21-11-17-12-22-20(23-13-17)25-7-3-4-8-25;/h5-6,9,12-13,21,24H,3-4,7-8,10-11H2,1-2H3;1H. The molecule has 5 nitrogen and oxygen atoms in total. The van der Waals surface area contributed by atoms with Crippen molar-refractivity contribution >= 4 is 29.3 Å². The molecule has 2 aromatic heterocycles. The third kappa shape index (κ3) is 3.84. The maximum Gasteiger partial charge on any atom is 0.225 e. The second-order valence-electron chi connectivity index (χ2n) is 6.94. The summed E-state index contributed by atoms with van der Waals surface area (Å²) in [7, 11) is 0. The number of hydrogen-bond acceptors (Lipinski definition) is 4. The Morgan fingerprint density at radius 3 is 2.46 bits per heavy atom. The lowest BCUT2D eigenvalue weighted by Gasteiger charge is -2.14. The number of nitrogens with one attached hydrogen (secondary N) is 2. The first kappa shape index (κ1) is 18.7. The van der Waals surface area contributed by atoms with Gasteiger partial charge < -0.3 is 15.2 Å². The smallest absolute Gasteiger partial charge is 0.225 e. The van der Waals surface area contributed by atoms with E-state index in [1.54, 1.807) is 0 Å². The Hall–Kier alpha value is -2.11. The largest absolute Gasteiger partial charge is 0.358 e. The zero-order valence-corrected chi connectivity index (χ0v) is 16.2. The van der Waals surface area contributed by atoms with Gasteiger partial charge in [0.15, 0.2) is 0 Å². The molecular weight excluding hydrogens is 346 g/mol. The van der Waals surface area contributed by atoms with Gasteiger partial charge in [0.2, 0.25) is 5.95 Å². The number of aryl methyl sites for hydroxylation is 2. The third-order valence-electron chi connectivity index (χ3n) is 5.11. The van der Waals surface area contributed by atoms with Gasteiger partial charge in [0.05, 0.1) is 0 Å². The van der Waals surface area contributed by atoms with Crippen LogP contribution in [0.4, 0.5) is 5.95 Å². The molecule has 4 rings (SSSR count). The summed E-state index contributed by atoms with van der Waals surface area (Å²) in [5.74, 6) is 0.866. The Labute approximate surface area is 160 Å². The highest BCUT2D eigenvalue weighted by atomic mass is 35.5. The molecule has 6 heteroatoms. The average Bonchev–Trinajstić information content (AvgIpc) is 3.25. The molecule has 0 bridgehead atoms. The topological polar surface area (TPSA) is 56.8 Å². The van der Waals surface area contributed by atoms with Crippen LogP contribution in [0.25, 0.3) is 10.9 Å². The quantitative estimate of drug-likeness (QED) is 0.714. The average molecular weight is 372 g/mol. The van der Waals surface area contributed by atoms with Crippen molar-refractivity contribution in [2.24, 2.45) is 0 Å². The van der Waals surface area contributed by atoms with E-state index in [0.29, 0.717) is 0 Å². The number of halogens is 1. The molecule has 0 unspecified atom stereocenters. The minimum Gasteiger partial charge on any atom is -0.358 e. The normalized spacial score (nSPS) is 14.0. The van der Waals surface area contributed by atoms with Gasteiger partial charge in [-0.25, -0.2) is 9.97 Å². The van der Waals surface area contributed by atoms with Gasteiger partial charge in [-0.15, -0.1) is 12.4 Å². The number of aromatic amines is 1. The summed E-state index contributed by atoms with van der Waals surface area (Å²) in [6.07, 6.45) is 6.38. The van der Waals surface area contributed by atoms with Crippen LogP contribution >= 0.6 is 12.4 Å². The molecule has 1 fully saturated rings. The van der Waals surface area contributed by atoms with Crippen LogP contribution < -0.4 is 10.2 Å². The molecule has 1 aliphatic rings. The Kier molecular flexibility index (Phi) is 5.79. The number of aromatic nitrogens is 3. The molecular formula is C20H26ClN5. The first-order valence-electron chi connectivity index (χ1n) is 9.05. The maximum absolute atomic E-state index is 4.51. The zero-order chi connectivity index (χ0) is 17.2. The Balaban J connectivity index is 0.00000196. The Morgan fingerprint density at radius 1 is 1.04 bits per heavy atom. The first-order chi connectivity index (χ1) is 12.2. The fourth-order valence-electron chi connectivity index (χ4n) is 3.49. The van der Waals surface area contributed by atoms with E-state index in [1.165, 1.54) is 40.6 Å². The summed E-state index contributed by atoms with van der Waals surface area (Å²) in [6.45, 7) is 8.08. The lowest BCUT2D eigenvalue weighted by Crippen LogP contribution is -2.20. The molecule has 1 aliphatic heterocycles. The number of H-pyrrole nitrogens is 1. The highest BCUT2D eigenvalue weighted by Gasteiger charge is 2.14. The summed E-state index contributed by atoms with van der Waals surface area (Å²) in [4.78, 5) is 14.7. The van der Waals surface area contributed by atoms with Crippen LogP contribution in [0.1, 0.15) is 35.2 Å². The van der Waals surface area contributed by atoms with Gasteiger partial charge in [-0.05, 0) is 49.9 Å². The van der Waals surface area contributed by atoms with Crippen LogP contribution in [0.2, 0.25) is 0 Å². The van der Waals surface area contributed by atoms with Crippen LogP contribution in [-0.2, 0) is 13.1 Å². The summed E-state index contributed by atoms with van der Waals surface area (Å²) < 4.78 is 0. The van der Waals surface area contributed by atoms with E-state index in [1.807, 2.05) is 12.4 Å². The lowest BCUT2D eigenvalue weighted by atomic mass is 10.1. The highest BCUT2D eigenvalue weighted by Crippen LogP contribution is 2.22. The Morgan fingerprint density at radius 2 is 1.73 bits per heavy atom. The highest BCUT2D eigenvalue weighted by molar-refractivity contribution is 5.85. The van der Waals surface area contributed by atoms with Crippen molar-refractivity contribution in [2.45, 2.75) is 39.8 Å². The molecule has 0 radical (unpaired) electrons. The molecule has 26 heavy (non-hydrogen) atoms. The summed E-state index contributed by atoms with van der Waals surface area (Å²) in [6, 6.07) is 6.62. The van der Waals surface area contributed by atoms with E-state index in [2.05, 4.69) is 57.2 Å². The van der Waals surface area contributed by atoms with Crippen LogP contribution in [0.5, 0.6) is 0 Å². The van der Waals surface area contributed by atoms with Crippen molar-refractivity contribution in [3.63, 3.8) is 0 Å². The second-order valence-corrected chi connectivity index (χ2v) is 6.94. The predicted octanol–water partition coefficient (Wildman–Crippen LogP) is 3.89. The van der Waals surface area contributed by atoms with Gasteiger partial charge in [0.1, 0.15) is 0 Å². The summed E-state index contributed by atoms with van der Waals surface area (Å²) >= 11 is 0. The molecule has 0 atom stereocenters. The summed E-state index contributed by atoms with van der Waals surface area (Å²) in [5, 5.41) is 4.81. The fourth-order valence-corrected chi connectivity index (χ4v) is 3.49.